The molecule has 1 aliphatic heterocycles. The monoisotopic (exact) mass is 516 g/mol. The van der Waals surface area contributed by atoms with Crippen molar-refractivity contribution in [2.75, 3.05) is 34.0 Å². The average molecular weight is 516 g/mol. The molecule has 0 saturated heterocycles. The van der Waals surface area contributed by atoms with Gasteiger partial charge < -0.3 is 25.0 Å². The Morgan fingerprint density at radius 1 is 1.21 bits per heavy atom. The van der Waals surface area contributed by atoms with Gasteiger partial charge in [-0.05, 0) is 35.6 Å². The number of amides is 1. The van der Waals surface area contributed by atoms with Crippen LogP contribution in [0, 0.1) is 0 Å². The summed E-state index contributed by atoms with van der Waals surface area (Å²) >= 11 is 1.73. The molecule has 0 unspecified atom stereocenters. The number of carbonyl (C=O) groups is 1. The smallest absolute Gasteiger partial charge is 0.241 e. The first-order chi connectivity index (χ1) is 13.1. The summed E-state index contributed by atoms with van der Waals surface area (Å²) in [5.41, 5.74) is 1.01. The van der Waals surface area contributed by atoms with Crippen molar-refractivity contribution in [3.05, 3.63) is 46.2 Å². The Balaban J connectivity index is 0.00000280. The van der Waals surface area contributed by atoms with E-state index in [4.69, 9.17) is 9.47 Å². The summed E-state index contributed by atoms with van der Waals surface area (Å²) in [7, 11) is 3.47. The maximum Gasteiger partial charge on any atom is 0.241 e. The number of fused-ring (bicyclic) bond motifs is 1. The van der Waals surface area contributed by atoms with Gasteiger partial charge in [-0.25, -0.2) is 4.99 Å². The Bertz CT molecular complexity index is 796. The fraction of sp³-hybridized carbons (Fsp3) is 0.368. The summed E-state index contributed by atoms with van der Waals surface area (Å²) in [5, 5.41) is 8.46. The molecule has 1 aromatic carbocycles. The first-order valence-electron chi connectivity index (χ1n) is 8.75. The number of halogens is 1. The maximum atomic E-state index is 11.9. The van der Waals surface area contributed by atoms with Gasteiger partial charge in [0.05, 0.1) is 13.1 Å². The second kappa shape index (κ2) is 11.1. The van der Waals surface area contributed by atoms with Crippen molar-refractivity contribution in [3.63, 3.8) is 0 Å². The lowest BCUT2D eigenvalue weighted by Gasteiger charge is -2.15. The van der Waals surface area contributed by atoms with Gasteiger partial charge in [-0.15, -0.1) is 35.3 Å². The molecular formula is C19H25IN4O3S. The molecular weight excluding hydrogens is 491 g/mol. The van der Waals surface area contributed by atoms with Crippen LogP contribution in [0.4, 0.5) is 0 Å². The molecule has 1 amide bonds. The maximum absolute atomic E-state index is 11.9. The number of ether oxygens (including phenoxy) is 2. The Labute approximate surface area is 186 Å². The van der Waals surface area contributed by atoms with Crippen molar-refractivity contribution in [2.45, 2.75) is 13.0 Å². The topological polar surface area (TPSA) is 75.2 Å². The standard InChI is InChI=1S/C19H24N4O3S.HI/c1-23(2)18(24)12-22-19(20-8-7-15-4-3-9-27-15)21-11-14-5-6-16-17(10-14)26-13-25-16;/h3-6,9-10H,7-8,11-13H2,1-2H3,(H2,20,21,22);1H. The molecule has 0 atom stereocenters. The van der Waals surface area contributed by atoms with E-state index in [1.807, 2.05) is 24.3 Å². The molecule has 2 heterocycles. The zero-order chi connectivity index (χ0) is 19.1. The number of thiophene rings is 1. The SMILES string of the molecule is CN(C)C(=O)CNC(=NCc1ccc2c(c1)OCO2)NCCc1cccs1.I. The lowest BCUT2D eigenvalue weighted by molar-refractivity contribution is -0.127. The van der Waals surface area contributed by atoms with Gasteiger partial charge in [0.2, 0.25) is 12.7 Å². The number of likely N-dealkylation sites (N-methyl/N-ethyl adjacent to an activating group) is 1. The lowest BCUT2D eigenvalue weighted by atomic mass is 10.2. The summed E-state index contributed by atoms with van der Waals surface area (Å²) in [6, 6.07) is 9.94. The summed E-state index contributed by atoms with van der Waals surface area (Å²) in [4.78, 5) is 19.3. The van der Waals surface area contributed by atoms with Crippen molar-refractivity contribution in [2.24, 2.45) is 4.99 Å². The second-order valence-corrected chi connectivity index (χ2v) is 7.28. The van der Waals surface area contributed by atoms with Crippen LogP contribution >= 0.6 is 35.3 Å². The van der Waals surface area contributed by atoms with Crippen LogP contribution in [0.1, 0.15) is 10.4 Å². The van der Waals surface area contributed by atoms with Gasteiger partial charge in [0, 0.05) is 25.5 Å². The Hall–Kier alpha value is -2.01. The number of rotatable bonds is 7. The van der Waals surface area contributed by atoms with E-state index in [1.165, 1.54) is 4.88 Å². The number of carbonyl (C=O) groups excluding carboxylic acids is 1. The molecule has 2 aromatic rings. The molecule has 28 heavy (non-hydrogen) atoms. The van der Waals surface area contributed by atoms with Gasteiger partial charge >= 0.3 is 0 Å². The molecule has 0 spiro atoms. The zero-order valence-corrected chi connectivity index (χ0v) is 19.1. The lowest BCUT2D eigenvalue weighted by Crippen LogP contribution is -2.43. The van der Waals surface area contributed by atoms with E-state index >= 15 is 0 Å². The fourth-order valence-corrected chi connectivity index (χ4v) is 3.17. The predicted octanol–water partition coefficient (Wildman–Crippen LogP) is 2.46. The predicted molar refractivity (Wildman–Crippen MR) is 122 cm³/mol. The Kier molecular flexibility index (Phi) is 8.84. The van der Waals surface area contributed by atoms with Gasteiger partial charge in [-0.3, -0.25) is 4.79 Å². The van der Waals surface area contributed by atoms with Gasteiger partial charge in [0.1, 0.15) is 0 Å². The number of guanidine groups is 1. The highest BCUT2D eigenvalue weighted by atomic mass is 127. The average Bonchev–Trinajstić information content (AvgIpc) is 3.34. The minimum Gasteiger partial charge on any atom is -0.454 e. The summed E-state index contributed by atoms with van der Waals surface area (Å²) < 4.78 is 10.7. The molecule has 0 aliphatic carbocycles. The molecule has 0 fully saturated rings. The third kappa shape index (κ3) is 6.55. The first kappa shape index (κ1) is 22.3. The van der Waals surface area contributed by atoms with Crippen molar-refractivity contribution in [1.29, 1.82) is 0 Å². The highest BCUT2D eigenvalue weighted by molar-refractivity contribution is 14.0. The highest BCUT2D eigenvalue weighted by Gasteiger charge is 2.13. The van der Waals surface area contributed by atoms with Crippen molar-refractivity contribution < 1.29 is 14.3 Å². The molecule has 0 saturated carbocycles. The molecule has 152 valence electrons. The van der Waals surface area contributed by atoms with Gasteiger partial charge in [0.25, 0.3) is 0 Å². The van der Waals surface area contributed by atoms with Crippen LogP contribution in [0.2, 0.25) is 0 Å². The largest absolute Gasteiger partial charge is 0.454 e. The summed E-state index contributed by atoms with van der Waals surface area (Å²) in [6.45, 7) is 1.66. The molecule has 1 aromatic heterocycles. The number of nitrogens with one attached hydrogen (secondary N) is 2. The molecule has 2 N–H and O–H groups in total. The summed E-state index contributed by atoms with van der Waals surface area (Å²) in [6.07, 6.45) is 0.907. The van der Waals surface area contributed by atoms with E-state index in [1.54, 1.807) is 30.3 Å². The van der Waals surface area contributed by atoms with Crippen molar-refractivity contribution >= 4 is 47.2 Å². The number of aliphatic imine (C=N–C) groups is 1. The van der Waals surface area contributed by atoms with Gasteiger partial charge in [-0.1, -0.05) is 12.1 Å². The van der Waals surface area contributed by atoms with E-state index in [2.05, 4.69) is 27.1 Å². The van der Waals surface area contributed by atoms with E-state index < -0.39 is 0 Å². The van der Waals surface area contributed by atoms with E-state index in [0.717, 1.165) is 30.0 Å². The normalized spacial score (nSPS) is 12.3. The number of nitrogens with zero attached hydrogens (tertiary/aromatic N) is 2. The van der Waals surface area contributed by atoms with Crippen LogP contribution in [0.15, 0.2) is 40.7 Å². The van der Waals surface area contributed by atoms with Crippen LogP contribution in [0.3, 0.4) is 0 Å². The van der Waals surface area contributed by atoms with Crippen LogP contribution in [0.5, 0.6) is 11.5 Å². The molecule has 3 rings (SSSR count). The van der Waals surface area contributed by atoms with Crippen molar-refractivity contribution in [3.8, 4) is 11.5 Å². The first-order valence-corrected chi connectivity index (χ1v) is 9.63. The van der Waals surface area contributed by atoms with Crippen molar-refractivity contribution in [1.82, 2.24) is 15.5 Å². The Morgan fingerprint density at radius 3 is 2.79 bits per heavy atom. The minimum absolute atomic E-state index is 0. The fourth-order valence-electron chi connectivity index (χ4n) is 2.46. The minimum atomic E-state index is -0.00848. The third-order valence-electron chi connectivity index (χ3n) is 4.01. The summed E-state index contributed by atoms with van der Waals surface area (Å²) in [5.74, 6) is 2.10. The third-order valence-corrected chi connectivity index (χ3v) is 4.94. The van der Waals surface area contributed by atoms with Crippen LogP contribution < -0.4 is 20.1 Å². The van der Waals surface area contributed by atoms with E-state index in [-0.39, 0.29) is 43.2 Å². The van der Waals surface area contributed by atoms with E-state index in [0.29, 0.717) is 12.5 Å². The second-order valence-electron chi connectivity index (χ2n) is 6.25. The highest BCUT2D eigenvalue weighted by Crippen LogP contribution is 2.32. The van der Waals surface area contributed by atoms with Gasteiger partial charge in [0.15, 0.2) is 17.5 Å². The van der Waals surface area contributed by atoms with Crippen LogP contribution in [0.25, 0.3) is 0 Å². The molecule has 9 heteroatoms. The van der Waals surface area contributed by atoms with Gasteiger partial charge in [-0.2, -0.15) is 0 Å². The number of hydrogen-bond acceptors (Lipinski definition) is 5. The quantitative estimate of drug-likeness (QED) is 0.336. The molecule has 1 aliphatic rings. The zero-order valence-electron chi connectivity index (χ0n) is 15.9. The molecule has 7 nitrogen and oxygen atoms in total. The van der Waals surface area contributed by atoms with Crippen LogP contribution in [-0.4, -0.2) is 50.7 Å². The molecule has 0 bridgehead atoms. The molecule has 0 radical (unpaired) electrons. The van der Waals surface area contributed by atoms with Crippen LogP contribution in [-0.2, 0) is 17.8 Å². The Morgan fingerprint density at radius 2 is 2.04 bits per heavy atom. The number of hydrogen-bond donors (Lipinski definition) is 2. The number of benzene rings is 1. The van der Waals surface area contributed by atoms with E-state index in [9.17, 15) is 4.79 Å².